The van der Waals surface area contributed by atoms with Gasteiger partial charge in [-0.2, -0.15) is 0 Å². The Morgan fingerprint density at radius 1 is 1.17 bits per heavy atom. The fourth-order valence-electron chi connectivity index (χ4n) is 2.90. The van der Waals surface area contributed by atoms with E-state index in [-0.39, 0.29) is 0 Å². The van der Waals surface area contributed by atoms with Crippen LogP contribution in [0.25, 0.3) is 10.9 Å². The molecule has 0 spiro atoms. The second kappa shape index (κ2) is 8.02. The van der Waals surface area contributed by atoms with Crippen molar-refractivity contribution in [1.82, 2.24) is 15.6 Å². The molecule has 0 saturated heterocycles. The van der Waals surface area contributed by atoms with Crippen LogP contribution in [0.2, 0.25) is 0 Å². The maximum Gasteiger partial charge on any atom is 0.191 e. The maximum atomic E-state index is 4.29. The van der Waals surface area contributed by atoms with E-state index in [4.69, 9.17) is 0 Å². The van der Waals surface area contributed by atoms with Crippen molar-refractivity contribution in [3.63, 3.8) is 0 Å². The van der Waals surface area contributed by atoms with Crippen LogP contribution in [0.5, 0.6) is 0 Å². The fraction of sp³-hybridized carbons (Fsp3) is 0.316. The van der Waals surface area contributed by atoms with Crippen molar-refractivity contribution in [2.45, 2.75) is 26.3 Å². The number of hydrogen-bond donors (Lipinski definition) is 3. The van der Waals surface area contributed by atoms with E-state index in [1.165, 1.54) is 26.9 Å². The number of aryl methyl sites for hydroxylation is 1. The van der Waals surface area contributed by atoms with Gasteiger partial charge < -0.3 is 15.6 Å². The quantitative estimate of drug-likeness (QED) is 0.473. The summed E-state index contributed by atoms with van der Waals surface area (Å²) in [6.07, 6.45) is 4.15. The third-order valence-corrected chi connectivity index (χ3v) is 5.07. The molecule has 0 fully saturated rings. The summed E-state index contributed by atoms with van der Waals surface area (Å²) in [6, 6.07) is 10.7. The van der Waals surface area contributed by atoms with Crippen LogP contribution in [0.4, 0.5) is 0 Å². The van der Waals surface area contributed by atoms with Crippen LogP contribution in [-0.2, 0) is 19.4 Å². The molecule has 0 radical (unpaired) electrons. The SMILES string of the molecule is CCc1cccc2c(CCNC(=NC)NCc3cccs3)c[nH]c12. The predicted molar refractivity (Wildman–Crippen MR) is 104 cm³/mol. The molecule has 1 aromatic carbocycles. The van der Waals surface area contributed by atoms with Crippen molar-refractivity contribution in [1.29, 1.82) is 0 Å². The smallest absolute Gasteiger partial charge is 0.191 e. The summed E-state index contributed by atoms with van der Waals surface area (Å²) in [4.78, 5) is 9.03. The number of aromatic amines is 1. The monoisotopic (exact) mass is 340 g/mol. The fourth-order valence-corrected chi connectivity index (χ4v) is 3.54. The lowest BCUT2D eigenvalue weighted by Gasteiger charge is -2.11. The number of H-pyrrole nitrogens is 1. The van der Waals surface area contributed by atoms with Gasteiger partial charge in [0.2, 0.25) is 0 Å². The van der Waals surface area contributed by atoms with Crippen LogP contribution < -0.4 is 10.6 Å². The molecule has 0 aliphatic heterocycles. The van der Waals surface area contributed by atoms with Crippen molar-refractivity contribution in [3.8, 4) is 0 Å². The molecule has 24 heavy (non-hydrogen) atoms. The van der Waals surface area contributed by atoms with Crippen LogP contribution in [0.1, 0.15) is 22.9 Å². The molecule has 3 rings (SSSR count). The summed E-state index contributed by atoms with van der Waals surface area (Å²) in [6.45, 7) is 3.86. The maximum absolute atomic E-state index is 4.29. The van der Waals surface area contributed by atoms with Gasteiger partial charge in [0.05, 0.1) is 6.54 Å². The lowest BCUT2D eigenvalue weighted by atomic mass is 10.1. The Morgan fingerprint density at radius 3 is 2.83 bits per heavy atom. The van der Waals surface area contributed by atoms with Crippen LogP contribution in [0, 0.1) is 0 Å². The van der Waals surface area contributed by atoms with Crippen LogP contribution >= 0.6 is 11.3 Å². The number of hydrogen-bond acceptors (Lipinski definition) is 2. The average molecular weight is 340 g/mol. The zero-order valence-electron chi connectivity index (χ0n) is 14.2. The van der Waals surface area contributed by atoms with E-state index >= 15 is 0 Å². The summed E-state index contributed by atoms with van der Waals surface area (Å²) < 4.78 is 0. The first kappa shape index (κ1) is 16.6. The minimum absolute atomic E-state index is 0.810. The molecular weight excluding hydrogens is 316 g/mol. The normalized spacial score (nSPS) is 11.8. The number of nitrogens with one attached hydrogen (secondary N) is 3. The van der Waals surface area contributed by atoms with Crippen molar-refractivity contribution < 1.29 is 0 Å². The van der Waals surface area contributed by atoms with E-state index in [9.17, 15) is 0 Å². The van der Waals surface area contributed by atoms with Crippen LogP contribution in [0.3, 0.4) is 0 Å². The highest BCUT2D eigenvalue weighted by Crippen LogP contribution is 2.22. The average Bonchev–Trinajstić information content (AvgIpc) is 3.27. The van der Waals surface area contributed by atoms with Gasteiger partial charge in [-0.25, -0.2) is 0 Å². The van der Waals surface area contributed by atoms with E-state index in [2.05, 4.69) is 69.4 Å². The molecule has 5 heteroatoms. The van der Waals surface area contributed by atoms with Gasteiger partial charge in [0.1, 0.15) is 0 Å². The Labute approximate surface area is 147 Å². The van der Waals surface area contributed by atoms with Crippen molar-refractivity contribution in [2.24, 2.45) is 4.99 Å². The number of rotatable bonds is 6. The molecule has 0 aliphatic rings. The van der Waals surface area contributed by atoms with Crippen molar-refractivity contribution >= 4 is 28.2 Å². The highest BCUT2D eigenvalue weighted by molar-refractivity contribution is 7.09. The molecule has 2 aromatic heterocycles. The van der Waals surface area contributed by atoms with Gasteiger partial charge in [-0.15, -0.1) is 11.3 Å². The van der Waals surface area contributed by atoms with Crippen LogP contribution in [-0.4, -0.2) is 24.5 Å². The van der Waals surface area contributed by atoms with Gasteiger partial charge in [0, 0.05) is 35.6 Å². The van der Waals surface area contributed by atoms with Gasteiger partial charge in [0.15, 0.2) is 5.96 Å². The molecule has 3 N–H and O–H groups in total. The molecule has 0 amide bonds. The summed E-state index contributed by atoms with van der Waals surface area (Å²) in [5.41, 5.74) is 4.00. The number of fused-ring (bicyclic) bond motifs is 1. The number of aromatic nitrogens is 1. The van der Waals surface area contributed by atoms with E-state index in [0.717, 1.165) is 31.9 Å². The molecule has 0 atom stereocenters. The molecule has 2 heterocycles. The third kappa shape index (κ3) is 3.79. The number of para-hydroxylation sites is 1. The first-order chi connectivity index (χ1) is 11.8. The molecule has 0 unspecified atom stereocenters. The lowest BCUT2D eigenvalue weighted by molar-refractivity contribution is 0.801. The van der Waals surface area contributed by atoms with E-state index < -0.39 is 0 Å². The number of guanidine groups is 1. The number of benzene rings is 1. The highest BCUT2D eigenvalue weighted by Gasteiger charge is 2.06. The largest absolute Gasteiger partial charge is 0.361 e. The molecular formula is C19H24N4S. The van der Waals surface area contributed by atoms with Gasteiger partial charge in [-0.05, 0) is 35.4 Å². The summed E-state index contributed by atoms with van der Waals surface area (Å²) in [7, 11) is 1.81. The number of thiophene rings is 1. The molecule has 0 saturated carbocycles. The summed E-state index contributed by atoms with van der Waals surface area (Å²) in [5, 5.41) is 10.2. The predicted octanol–water partition coefficient (Wildman–Crippen LogP) is 3.70. The molecule has 126 valence electrons. The minimum atomic E-state index is 0.810. The minimum Gasteiger partial charge on any atom is -0.361 e. The lowest BCUT2D eigenvalue weighted by Crippen LogP contribution is -2.37. The Hall–Kier alpha value is -2.27. The van der Waals surface area contributed by atoms with Crippen molar-refractivity contribution in [3.05, 3.63) is 57.9 Å². The van der Waals surface area contributed by atoms with E-state index in [0.29, 0.717) is 0 Å². The van der Waals surface area contributed by atoms with Gasteiger partial charge in [-0.1, -0.05) is 31.2 Å². The molecule has 3 aromatic rings. The standard InChI is InChI=1S/C19H24N4S/c1-3-14-6-4-8-17-15(12-22-18(14)17)9-10-21-19(20-2)23-13-16-7-5-11-24-16/h4-8,11-12,22H,3,9-10,13H2,1-2H3,(H2,20,21,23). The van der Waals surface area contributed by atoms with E-state index in [1.807, 2.05) is 7.05 Å². The Morgan fingerprint density at radius 2 is 2.08 bits per heavy atom. The molecule has 0 bridgehead atoms. The first-order valence-electron chi connectivity index (χ1n) is 8.36. The summed E-state index contributed by atoms with van der Waals surface area (Å²) in [5.74, 6) is 0.845. The van der Waals surface area contributed by atoms with Crippen LogP contribution in [0.15, 0.2) is 46.9 Å². The second-order valence-electron chi connectivity index (χ2n) is 5.69. The van der Waals surface area contributed by atoms with Gasteiger partial charge in [-0.3, -0.25) is 4.99 Å². The Bertz CT molecular complexity index is 802. The molecule has 4 nitrogen and oxygen atoms in total. The first-order valence-corrected chi connectivity index (χ1v) is 9.24. The topological polar surface area (TPSA) is 52.2 Å². The highest BCUT2D eigenvalue weighted by atomic mass is 32.1. The molecule has 0 aliphatic carbocycles. The Balaban J connectivity index is 1.55. The third-order valence-electron chi connectivity index (χ3n) is 4.19. The van der Waals surface area contributed by atoms with Gasteiger partial charge in [0.25, 0.3) is 0 Å². The van der Waals surface area contributed by atoms with Gasteiger partial charge >= 0.3 is 0 Å². The zero-order chi connectivity index (χ0) is 16.8. The Kier molecular flexibility index (Phi) is 5.54. The van der Waals surface area contributed by atoms with Crippen molar-refractivity contribution in [2.75, 3.05) is 13.6 Å². The van der Waals surface area contributed by atoms with E-state index in [1.54, 1.807) is 11.3 Å². The zero-order valence-corrected chi connectivity index (χ0v) is 15.0. The second-order valence-corrected chi connectivity index (χ2v) is 6.72. The number of nitrogens with zero attached hydrogens (tertiary/aromatic N) is 1. The summed E-state index contributed by atoms with van der Waals surface area (Å²) >= 11 is 1.75. The number of aliphatic imine (C=N–C) groups is 1.